The number of hydrogen-bond acceptors (Lipinski definition) is 2. The van der Waals surface area contributed by atoms with Crippen molar-refractivity contribution in [3.63, 3.8) is 0 Å². The monoisotopic (exact) mass is 1330 g/mol. The summed E-state index contributed by atoms with van der Waals surface area (Å²) in [4.78, 5) is 0. The normalized spacial score (nSPS) is 20.2. The van der Waals surface area contributed by atoms with Crippen molar-refractivity contribution in [1.29, 1.82) is 0 Å². The van der Waals surface area contributed by atoms with Crippen LogP contribution >= 0.6 is 0 Å². The molecule has 0 aliphatic carbocycles. The van der Waals surface area contributed by atoms with Gasteiger partial charge in [-0.1, -0.05) is 326 Å². The first kappa shape index (κ1) is 23.3. The lowest BCUT2D eigenvalue weighted by Gasteiger charge is -2.20. The van der Waals surface area contributed by atoms with Crippen LogP contribution in [0.5, 0.6) is 0 Å². The van der Waals surface area contributed by atoms with Gasteiger partial charge in [0, 0.05) is 32.3 Å². The summed E-state index contributed by atoms with van der Waals surface area (Å²) >= 11 is 0. The van der Waals surface area contributed by atoms with E-state index in [2.05, 4.69) is 0 Å². The zero-order valence-corrected chi connectivity index (χ0v) is 49.8. The number of benzene rings is 19. The second-order valence-corrected chi connectivity index (χ2v) is 21.8. The second kappa shape index (κ2) is 23.3. The minimum absolute atomic E-state index is 0.485. The quantitative estimate of drug-likeness (QED) is 0.149. The molecule has 0 atom stereocenters. The van der Waals surface area contributed by atoms with Gasteiger partial charge in [-0.25, -0.2) is 0 Å². The summed E-state index contributed by atoms with van der Waals surface area (Å²) in [6.45, 7) is 0. The molecule has 2 heteroatoms. The van der Waals surface area contributed by atoms with Crippen LogP contribution < -0.4 is 0 Å². The number of furan rings is 2. The molecular formula is C98H60O2. The van der Waals surface area contributed by atoms with Gasteiger partial charge < -0.3 is 8.83 Å². The van der Waals surface area contributed by atoms with Crippen molar-refractivity contribution in [2.75, 3.05) is 0 Å². The minimum Gasteiger partial charge on any atom is -0.455 e. The smallest absolute Gasteiger partial charge is 0.143 e. The molecule has 100 heavy (non-hydrogen) atoms. The van der Waals surface area contributed by atoms with Crippen LogP contribution in [0.15, 0.2) is 371 Å². The second-order valence-electron chi connectivity index (χ2n) is 21.8. The van der Waals surface area contributed by atoms with E-state index in [0.717, 1.165) is 0 Å². The van der Waals surface area contributed by atoms with E-state index in [1.54, 1.807) is 0 Å². The Bertz CT molecular complexity index is 10500. The first-order valence-corrected chi connectivity index (χ1v) is 29.6. The molecule has 2 heterocycles. The Morgan fingerprint density at radius 1 is 0.170 bits per heavy atom. The lowest BCUT2D eigenvalue weighted by molar-refractivity contribution is 0.672. The highest BCUT2D eigenvalue weighted by atomic mass is 16.3. The molecule has 0 aliphatic rings. The van der Waals surface area contributed by atoms with Crippen LogP contribution in [0, 0.1) is 0 Å². The van der Waals surface area contributed by atoms with Crippen LogP contribution in [0.25, 0.3) is 208 Å². The standard InChI is InChI=1S/C50H30O.C48H30O/c1-2-14-33-30-34(25-24-31(33)12-1)35-28-29-43(38-17-6-5-16-37(35)38)47-39-18-7-9-20-41(39)48(42-21-10-8-19-40(42)47)44-22-11-23-46-49(44)45-27-26-32-13-3-4-15-36(32)50(45)51-46;1-3-14-31(15-4-1)35-28-27-34(30-43(35)32-16-5-2-6-17-32)45-37-20-9-11-22-39(37)46(40-23-12-10-21-38(40)45)41-24-13-25-44-47(41)42-29-26-33-18-7-8-19-36(33)48(42)49-44/h1-30H;1-30H/i2*1D,2D,3D,4D,5D,6D,7D,8D,9D,10D,11D,12D,13D,14D,15D,16D,17D,18D,19D,20D,21D,22D,23D,24D,25D,26D,27D,28D,29D,30D. The van der Waals surface area contributed by atoms with Gasteiger partial charge in [0.15, 0.2) is 0 Å². The molecular weight excluding hydrogens is 1210 g/mol. The molecule has 2 nitrogen and oxygen atoms in total. The van der Waals surface area contributed by atoms with Gasteiger partial charge in [0.2, 0.25) is 0 Å². The van der Waals surface area contributed by atoms with E-state index in [1.165, 1.54) is 0 Å². The third-order valence-electron chi connectivity index (χ3n) is 16.6. The fraction of sp³-hybridized carbons (Fsp3) is 0. The molecule has 0 aliphatic heterocycles. The molecule has 21 rings (SSSR count). The molecule has 2 aromatic heterocycles. The maximum atomic E-state index is 10.1. The van der Waals surface area contributed by atoms with Crippen LogP contribution in [-0.2, 0) is 0 Å². The van der Waals surface area contributed by atoms with Crippen LogP contribution in [0.1, 0.15) is 82.2 Å². The molecule has 19 aromatic carbocycles. The highest BCUT2D eigenvalue weighted by Crippen LogP contribution is 2.52. The molecule has 0 radical (unpaired) electrons. The molecule has 0 unspecified atom stereocenters. The molecule has 0 saturated heterocycles. The van der Waals surface area contributed by atoms with E-state index in [9.17, 15) is 28.8 Å². The van der Waals surface area contributed by atoms with E-state index in [0.29, 0.717) is 0 Å². The zero-order valence-electron chi connectivity index (χ0n) is 110. The number of rotatable bonds is 7. The molecule has 0 N–H and O–H groups in total. The first-order chi connectivity index (χ1) is 74.6. The van der Waals surface area contributed by atoms with Crippen LogP contribution in [0.3, 0.4) is 0 Å². The predicted octanol–water partition coefficient (Wildman–Crippen LogP) is 28.1. The third kappa shape index (κ3) is 9.12. The molecule has 464 valence electrons. The van der Waals surface area contributed by atoms with Gasteiger partial charge >= 0.3 is 0 Å². The molecule has 0 amide bonds. The van der Waals surface area contributed by atoms with Gasteiger partial charge in [-0.15, -0.1) is 0 Å². The van der Waals surface area contributed by atoms with E-state index >= 15 is 0 Å². The number of fused-ring (bicyclic) bond motifs is 16. The van der Waals surface area contributed by atoms with Gasteiger partial charge in [-0.3, -0.25) is 0 Å². The molecule has 0 fully saturated rings. The van der Waals surface area contributed by atoms with Crippen molar-refractivity contribution < 1.29 is 91.1 Å². The van der Waals surface area contributed by atoms with Crippen LogP contribution in [0.4, 0.5) is 0 Å². The van der Waals surface area contributed by atoms with Crippen LogP contribution in [-0.4, -0.2) is 0 Å². The summed E-state index contributed by atoms with van der Waals surface area (Å²) < 4.78 is 557. The van der Waals surface area contributed by atoms with E-state index in [1.807, 2.05) is 0 Å². The lowest BCUT2D eigenvalue weighted by Crippen LogP contribution is -1.93. The van der Waals surface area contributed by atoms with Crippen molar-refractivity contribution in [3.05, 3.63) is 363 Å². The fourth-order valence-electron chi connectivity index (χ4n) is 12.4. The Labute approximate surface area is 661 Å². The van der Waals surface area contributed by atoms with Crippen molar-refractivity contribution >= 4 is 130 Å². The maximum Gasteiger partial charge on any atom is 0.143 e. The zero-order chi connectivity index (χ0) is 118. The number of hydrogen-bond donors (Lipinski definition) is 0. The van der Waals surface area contributed by atoms with Gasteiger partial charge in [-0.05, 0) is 190 Å². The lowest BCUT2D eigenvalue weighted by atomic mass is 9.83. The van der Waals surface area contributed by atoms with E-state index in [4.69, 9.17) is 62.3 Å². The minimum atomic E-state index is -1.20. The largest absolute Gasteiger partial charge is 0.455 e. The average Bonchev–Trinajstić information content (AvgIpc) is 1.05. The van der Waals surface area contributed by atoms with Gasteiger partial charge in [-0.2, -0.15) is 0 Å². The summed E-state index contributed by atoms with van der Waals surface area (Å²) in [7, 11) is 0. The molecule has 21 aromatic rings. The average molecular weight is 1330 g/mol. The Morgan fingerprint density at radius 3 is 1.01 bits per heavy atom. The highest BCUT2D eigenvalue weighted by Gasteiger charge is 2.25. The topological polar surface area (TPSA) is 26.3 Å². The molecule has 0 spiro atoms. The van der Waals surface area contributed by atoms with E-state index < -0.39 is 570 Å². The summed E-state index contributed by atoms with van der Waals surface area (Å²) in [5.41, 5.74) is -14.4. The first-order valence-electron chi connectivity index (χ1n) is 59.6. The Balaban J connectivity index is 0.000000191. The Morgan fingerprint density at radius 2 is 0.520 bits per heavy atom. The Hall–Kier alpha value is -13.1. The molecule has 0 bridgehead atoms. The van der Waals surface area contributed by atoms with Gasteiger partial charge in [0.1, 0.15) is 22.3 Å². The van der Waals surface area contributed by atoms with Crippen molar-refractivity contribution in [2.24, 2.45) is 0 Å². The Kier molecular flexibility index (Phi) is 5.43. The van der Waals surface area contributed by atoms with Crippen molar-refractivity contribution in [3.8, 4) is 77.9 Å². The van der Waals surface area contributed by atoms with Crippen LogP contribution in [0.2, 0.25) is 0 Å². The van der Waals surface area contributed by atoms with Crippen molar-refractivity contribution in [1.82, 2.24) is 0 Å². The maximum absolute atomic E-state index is 10.1. The summed E-state index contributed by atoms with van der Waals surface area (Å²) in [5.74, 6) is 0. The fourth-order valence-corrected chi connectivity index (χ4v) is 12.4. The van der Waals surface area contributed by atoms with Gasteiger partial charge in [0.05, 0.1) is 82.2 Å². The summed E-state index contributed by atoms with van der Waals surface area (Å²) in [6.07, 6.45) is 0. The highest BCUT2D eigenvalue weighted by molar-refractivity contribution is 6.30. The molecule has 0 saturated carbocycles. The summed E-state index contributed by atoms with van der Waals surface area (Å²) in [6, 6.07) is -58.8. The van der Waals surface area contributed by atoms with E-state index in [-0.39, 0.29) is 0 Å². The van der Waals surface area contributed by atoms with Crippen molar-refractivity contribution in [2.45, 2.75) is 0 Å². The SMILES string of the molecule is [2H]c1c([2H])c(-c2c3c([2H])c([2H])c([2H])c([2H])c3c(-c3c([2H])c([2H])c(-c4c([2H])c([2H])c5c([2H])c([2H])c([2H])c([2H])c5c4[2H])c4c([2H])c([2H])c([2H])c([2H])c34)c3c([2H])c([2H])c([2H])c([2H])c23)c2c(oc3c4c([2H])c([2H])c([2H])c([2H])c4c([2H])c([2H])c32)c1[2H].[2H]c1c([2H])c([2H])c(-c2c([2H])c([2H])c(-c3c4c([2H])c([2H])c([2H])c([2H])c4c(-c4c([2H])c([2H])c([2H])c5oc6c7c([2H])c([2H])c([2H])c([2H])c7c([2H])c([2H])c6c45)c4c([2H])c([2H])c([2H])c([2H])c34)c([2H])c2-c2c([2H])c([2H])c([2H])c([2H])c2[2H])c([2H])c1[2H]. The summed E-state index contributed by atoms with van der Waals surface area (Å²) in [5, 5.41) is -13.6. The third-order valence-corrected chi connectivity index (χ3v) is 16.6. The predicted molar refractivity (Wildman–Crippen MR) is 426 cm³/mol. The van der Waals surface area contributed by atoms with Gasteiger partial charge in [0.25, 0.3) is 0 Å².